The first-order chi connectivity index (χ1) is 10.7. The van der Waals surface area contributed by atoms with Crippen LogP contribution in [0.25, 0.3) is 10.2 Å². The van der Waals surface area contributed by atoms with Crippen molar-refractivity contribution in [1.82, 2.24) is 14.5 Å². The van der Waals surface area contributed by atoms with Crippen molar-refractivity contribution in [2.24, 2.45) is 0 Å². The largest absolute Gasteiger partial charge is 0.290 e. The average Bonchev–Trinajstić information content (AvgIpc) is 2.93. The van der Waals surface area contributed by atoms with Crippen LogP contribution in [0, 0.1) is 6.92 Å². The van der Waals surface area contributed by atoms with E-state index < -0.39 is 0 Å². The van der Waals surface area contributed by atoms with Crippen LogP contribution in [-0.4, -0.2) is 14.5 Å². The summed E-state index contributed by atoms with van der Waals surface area (Å²) in [4.78, 5) is 21.5. The summed E-state index contributed by atoms with van der Waals surface area (Å²) in [6.07, 6.45) is 8.37. The Kier molecular flexibility index (Phi) is 4.34. The average molecular weight is 313 g/mol. The van der Waals surface area contributed by atoms with Gasteiger partial charge in [0.15, 0.2) is 0 Å². The first kappa shape index (κ1) is 14.9. The zero-order valence-electron chi connectivity index (χ0n) is 12.8. The molecule has 0 fully saturated rings. The maximum atomic E-state index is 12.8. The molecule has 0 aliphatic carbocycles. The Balaban J connectivity index is 2.11. The van der Waals surface area contributed by atoms with E-state index in [0.29, 0.717) is 0 Å². The van der Waals surface area contributed by atoms with Gasteiger partial charge in [-0.1, -0.05) is 25.8 Å². The fraction of sp³-hybridized carbons (Fsp3) is 0.353. The molecule has 0 saturated carbocycles. The number of nitrogens with zero attached hydrogens (tertiary/aromatic N) is 3. The molecule has 0 amide bonds. The van der Waals surface area contributed by atoms with E-state index in [0.717, 1.165) is 40.6 Å². The fourth-order valence-electron chi connectivity index (χ4n) is 2.70. The molecule has 0 spiro atoms. The molecule has 0 saturated heterocycles. The van der Waals surface area contributed by atoms with Crippen LogP contribution in [0.5, 0.6) is 0 Å². The Morgan fingerprint density at radius 3 is 3.00 bits per heavy atom. The van der Waals surface area contributed by atoms with Crippen LogP contribution in [0.1, 0.15) is 43.4 Å². The molecule has 0 N–H and O–H groups in total. The highest BCUT2D eigenvalue weighted by atomic mass is 32.1. The predicted octanol–water partition coefficient (Wildman–Crippen LogP) is 3.94. The van der Waals surface area contributed by atoms with Crippen molar-refractivity contribution in [2.45, 2.75) is 39.2 Å². The second-order valence-electron chi connectivity index (χ2n) is 5.50. The predicted molar refractivity (Wildman–Crippen MR) is 90.5 cm³/mol. The number of unbranched alkanes of at least 4 members (excludes halogenated alkanes) is 1. The lowest BCUT2D eigenvalue weighted by Crippen LogP contribution is -2.25. The van der Waals surface area contributed by atoms with E-state index in [-0.39, 0.29) is 11.6 Å². The van der Waals surface area contributed by atoms with Gasteiger partial charge in [0.1, 0.15) is 4.70 Å². The molecule has 3 heterocycles. The number of fused-ring (bicyclic) bond motifs is 1. The summed E-state index contributed by atoms with van der Waals surface area (Å²) >= 11 is 1.48. The summed E-state index contributed by atoms with van der Waals surface area (Å²) < 4.78 is 2.51. The van der Waals surface area contributed by atoms with Gasteiger partial charge in [-0.3, -0.25) is 14.3 Å². The van der Waals surface area contributed by atoms with Gasteiger partial charge in [0.05, 0.1) is 17.9 Å². The number of hydrogen-bond acceptors (Lipinski definition) is 4. The van der Waals surface area contributed by atoms with Crippen LogP contribution in [0.15, 0.2) is 41.0 Å². The quantitative estimate of drug-likeness (QED) is 0.717. The Labute approximate surface area is 133 Å². The van der Waals surface area contributed by atoms with E-state index in [9.17, 15) is 4.79 Å². The van der Waals surface area contributed by atoms with Crippen LogP contribution in [0.2, 0.25) is 0 Å². The van der Waals surface area contributed by atoms with Gasteiger partial charge in [-0.25, -0.2) is 4.98 Å². The van der Waals surface area contributed by atoms with Crippen LogP contribution >= 0.6 is 11.3 Å². The highest BCUT2D eigenvalue weighted by Crippen LogP contribution is 2.25. The molecule has 0 bridgehead atoms. The van der Waals surface area contributed by atoms with E-state index in [2.05, 4.69) is 16.9 Å². The number of aromatic nitrogens is 3. The molecule has 4 nitrogen and oxygen atoms in total. The van der Waals surface area contributed by atoms with Gasteiger partial charge in [0.2, 0.25) is 0 Å². The van der Waals surface area contributed by atoms with E-state index in [1.165, 1.54) is 11.3 Å². The van der Waals surface area contributed by atoms with E-state index >= 15 is 0 Å². The minimum atomic E-state index is 0.000422. The van der Waals surface area contributed by atoms with Gasteiger partial charge in [-0.2, -0.15) is 0 Å². The van der Waals surface area contributed by atoms with Crippen molar-refractivity contribution in [3.8, 4) is 0 Å². The van der Waals surface area contributed by atoms with E-state index in [1.807, 2.05) is 30.6 Å². The first-order valence-electron chi connectivity index (χ1n) is 7.57. The molecular formula is C17H19N3OS. The van der Waals surface area contributed by atoms with Gasteiger partial charge in [0, 0.05) is 12.4 Å². The van der Waals surface area contributed by atoms with Gasteiger partial charge in [0.25, 0.3) is 5.56 Å². The van der Waals surface area contributed by atoms with Gasteiger partial charge in [-0.05, 0) is 35.9 Å². The van der Waals surface area contributed by atoms with E-state index in [1.54, 1.807) is 17.1 Å². The first-order valence-corrected chi connectivity index (χ1v) is 8.45. The molecule has 0 aromatic carbocycles. The smallest absolute Gasteiger partial charge is 0.271 e. The minimum absolute atomic E-state index is 0.000422. The highest BCUT2D eigenvalue weighted by Gasteiger charge is 2.17. The maximum Gasteiger partial charge on any atom is 0.271 e. The molecule has 3 rings (SSSR count). The molecule has 1 unspecified atom stereocenters. The van der Waals surface area contributed by atoms with Crippen molar-refractivity contribution < 1.29 is 0 Å². The third kappa shape index (κ3) is 2.68. The third-order valence-corrected chi connectivity index (χ3v) is 4.99. The standard InChI is InChI=1S/C17H19N3OS/c1-3-4-7-14(13-6-5-8-18-9-13)20-11-19-15-12(2)10-22-16(15)17(20)21/h5-6,8-11,14H,3-4,7H2,1-2H3. The zero-order valence-corrected chi connectivity index (χ0v) is 13.6. The molecule has 0 radical (unpaired) electrons. The number of aryl methyl sites for hydroxylation is 1. The molecule has 0 aliphatic heterocycles. The Bertz CT molecular complexity index is 823. The third-order valence-electron chi connectivity index (χ3n) is 3.92. The summed E-state index contributed by atoms with van der Waals surface area (Å²) in [6.45, 7) is 4.15. The lowest BCUT2D eigenvalue weighted by atomic mass is 10.0. The van der Waals surface area contributed by atoms with Gasteiger partial charge in [-0.15, -0.1) is 11.3 Å². The van der Waals surface area contributed by atoms with Crippen molar-refractivity contribution in [3.63, 3.8) is 0 Å². The number of pyridine rings is 1. The van der Waals surface area contributed by atoms with Gasteiger partial charge >= 0.3 is 0 Å². The van der Waals surface area contributed by atoms with Crippen LogP contribution in [0.3, 0.4) is 0 Å². The molecular weight excluding hydrogens is 294 g/mol. The zero-order chi connectivity index (χ0) is 15.5. The topological polar surface area (TPSA) is 47.8 Å². The minimum Gasteiger partial charge on any atom is -0.290 e. The van der Waals surface area contributed by atoms with Crippen LogP contribution in [-0.2, 0) is 0 Å². The highest BCUT2D eigenvalue weighted by molar-refractivity contribution is 7.17. The number of thiophene rings is 1. The number of rotatable bonds is 5. The second-order valence-corrected chi connectivity index (χ2v) is 6.38. The maximum absolute atomic E-state index is 12.8. The monoisotopic (exact) mass is 313 g/mol. The molecule has 3 aromatic heterocycles. The molecule has 5 heteroatoms. The van der Waals surface area contributed by atoms with Crippen molar-refractivity contribution in [2.75, 3.05) is 0 Å². The normalized spacial score (nSPS) is 12.6. The Hall–Kier alpha value is -2.01. The summed E-state index contributed by atoms with van der Waals surface area (Å²) in [5, 5.41) is 1.99. The van der Waals surface area contributed by atoms with Crippen LogP contribution < -0.4 is 5.56 Å². The molecule has 22 heavy (non-hydrogen) atoms. The van der Waals surface area contributed by atoms with Crippen LogP contribution in [0.4, 0.5) is 0 Å². The molecule has 114 valence electrons. The fourth-order valence-corrected chi connectivity index (χ4v) is 3.64. The van der Waals surface area contributed by atoms with Gasteiger partial charge < -0.3 is 0 Å². The summed E-state index contributed by atoms with van der Waals surface area (Å²) in [5.41, 5.74) is 3.00. The molecule has 0 aliphatic rings. The summed E-state index contributed by atoms with van der Waals surface area (Å²) in [6, 6.07) is 3.95. The van der Waals surface area contributed by atoms with Crippen molar-refractivity contribution in [3.05, 3.63) is 57.7 Å². The Morgan fingerprint density at radius 2 is 2.27 bits per heavy atom. The molecule has 1 atom stereocenters. The summed E-state index contributed by atoms with van der Waals surface area (Å²) in [5.74, 6) is 0. The second kappa shape index (κ2) is 6.40. The SMILES string of the molecule is CCCCC(c1cccnc1)n1cnc2c(C)csc2c1=O. The summed E-state index contributed by atoms with van der Waals surface area (Å²) in [7, 11) is 0. The molecule has 3 aromatic rings. The lowest BCUT2D eigenvalue weighted by molar-refractivity contribution is 0.498. The number of hydrogen-bond donors (Lipinski definition) is 0. The lowest BCUT2D eigenvalue weighted by Gasteiger charge is -2.19. The van der Waals surface area contributed by atoms with E-state index in [4.69, 9.17) is 0 Å². The van der Waals surface area contributed by atoms with Crippen molar-refractivity contribution >= 4 is 21.6 Å². The Morgan fingerprint density at radius 1 is 1.41 bits per heavy atom. The van der Waals surface area contributed by atoms with Crippen molar-refractivity contribution in [1.29, 1.82) is 0 Å².